The Morgan fingerprint density at radius 2 is 1.79 bits per heavy atom. The zero-order valence-corrected chi connectivity index (χ0v) is 12.2. The van der Waals surface area contributed by atoms with Crippen LogP contribution in [0.15, 0.2) is 64.5 Å². The fourth-order valence-electron chi connectivity index (χ4n) is 2.11. The number of benzene rings is 1. The Hall–Kier alpha value is -3.16. The summed E-state index contributed by atoms with van der Waals surface area (Å²) >= 11 is 0. The zero-order chi connectivity index (χ0) is 17.2. The average molecular weight is 332 g/mol. The molecule has 0 radical (unpaired) electrons. The van der Waals surface area contributed by atoms with Gasteiger partial charge in [-0.25, -0.2) is 14.7 Å². The van der Waals surface area contributed by atoms with Gasteiger partial charge in [0.2, 0.25) is 0 Å². The first-order chi connectivity index (χ1) is 11.5. The highest BCUT2D eigenvalue weighted by Crippen LogP contribution is 2.29. The molecule has 3 rings (SSSR count). The Morgan fingerprint density at radius 1 is 1.08 bits per heavy atom. The van der Waals surface area contributed by atoms with Crippen molar-refractivity contribution in [1.29, 1.82) is 0 Å². The summed E-state index contributed by atoms with van der Waals surface area (Å²) in [7, 11) is 0. The number of nitrogens with one attached hydrogen (secondary N) is 1. The van der Waals surface area contributed by atoms with Crippen LogP contribution in [0.2, 0.25) is 0 Å². The summed E-state index contributed by atoms with van der Waals surface area (Å²) in [5.74, 6) is 0.206. The Bertz CT molecular complexity index is 912. The van der Waals surface area contributed by atoms with E-state index in [0.29, 0.717) is 5.69 Å². The van der Waals surface area contributed by atoms with Crippen molar-refractivity contribution in [3.63, 3.8) is 0 Å². The van der Waals surface area contributed by atoms with Crippen LogP contribution in [-0.4, -0.2) is 21.0 Å². The summed E-state index contributed by atoms with van der Waals surface area (Å²) in [5.41, 5.74) is -2.27. The van der Waals surface area contributed by atoms with Crippen LogP contribution >= 0.6 is 0 Å². The number of pyridine rings is 1. The van der Waals surface area contributed by atoms with E-state index in [1.165, 1.54) is 24.4 Å². The molecule has 2 heterocycles. The number of H-pyrrole nitrogens is 1. The van der Waals surface area contributed by atoms with E-state index in [2.05, 4.69) is 15.1 Å². The number of nitrogens with zero attached hydrogens (tertiary/aromatic N) is 3. The molecule has 0 saturated heterocycles. The number of aliphatic imine (C=N–C) groups is 1. The largest absolute Gasteiger partial charge is 0.433 e. The van der Waals surface area contributed by atoms with Gasteiger partial charge in [-0.05, 0) is 24.3 Å². The van der Waals surface area contributed by atoms with Crippen molar-refractivity contribution >= 4 is 12.0 Å². The van der Waals surface area contributed by atoms with E-state index in [0.717, 1.165) is 10.9 Å². The number of aromatic nitrogens is 3. The lowest BCUT2D eigenvalue weighted by atomic mass is 10.2. The molecule has 0 saturated carbocycles. The van der Waals surface area contributed by atoms with Gasteiger partial charge in [0.25, 0.3) is 5.56 Å². The summed E-state index contributed by atoms with van der Waals surface area (Å²) in [4.78, 5) is 20.1. The van der Waals surface area contributed by atoms with E-state index in [-0.39, 0.29) is 5.82 Å². The first-order valence-electron chi connectivity index (χ1n) is 6.89. The Balaban J connectivity index is 2.12. The molecular formula is C16H11F3N4O. The van der Waals surface area contributed by atoms with Gasteiger partial charge >= 0.3 is 6.18 Å². The molecule has 3 aromatic rings. The van der Waals surface area contributed by atoms with E-state index in [9.17, 15) is 18.0 Å². The van der Waals surface area contributed by atoms with Crippen LogP contribution in [0.3, 0.4) is 0 Å². The summed E-state index contributed by atoms with van der Waals surface area (Å²) in [6.07, 6.45) is -2.38. The second-order valence-electron chi connectivity index (χ2n) is 4.82. The van der Waals surface area contributed by atoms with E-state index >= 15 is 0 Å². The molecule has 0 aliphatic rings. The summed E-state index contributed by atoms with van der Waals surface area (Å²) in [5, 5.41) is 2.11. The zero-order valence-electron chi connectivity index (χ0n) is 12.2. The van der Waals surface area contributed by atoms with E-state index in [4.69, 9.17) is 0 Å². The van der Waals surface area contributed by atoms with Crippen molar-refractivity contribution in [2.45, 2.75) is 6.18 Å². The second-order valence-corrected chi connectivity index (χ2v) is 4.82. The minimum Gasteiger partial charge on any atom is -0.286 e. The highest BCUT2D eigenvalue weighted by Gasteiger charge is 2.37. The molecule has 8 heteroatoms. The topological polar surface area (TPSA) is 63.0 Å². The molecule has 5 nitrogen and oxygen atoms in total. The van der Waals surface area contributed by atoms with Crippen LogP contribution in [-0.2, 0) is 6.18 Å². The number of hydrogen-bond acceptors (Lipinski definition) is 3. The average Bonchev–Trinajstić information content (AvgIpc) is 2.92. The fraction of sp³-hybridized carbons (Fsp3) is 0.0625. The van der Waals surface area contributed by atoms with E-state index in [1.807, 2.05) is 0 Å². The van der Waals surface area contributed by atoms with Crippen molar-refractivity contribution in [2.75, 3.05) is 0 Å². The normalized spacial score (nSPS) is 12.0. The molecular weight excluding hydrogens is 321 g/mol. The smallest absolute Gasteiger partial charge is 0.286 e. The Kier molecular flexibility index (Phi) is 4.03. The molecule has 0 atom stereocenters. The quantitative estimate of drug-likeness (QED) is 0.748. The van der Waals surface area contributed by atoms with E-state index < -0.39 is 23.0 Å². The van der Waals surface area contributed by atoms with Crippen LogP contribution < -0.4 is 5.56 Å². The SMILES string of the molecule is O=c1c(/C=N/c2ccccn2)c(C(F)(F)F)[nH]n1-c1ccccc1. The molecule has 24 heavy (non-hydrogen) atoms. The predicted molar refractivity (Wildman–Crippen MR) is 82.9 cm³/mol. The minimum atomic E-state index is -4.72. The number of aromatic amines is 1. The third-order valence-electron chi connectivity index (χ3n) is 3.20. The highest BCUT2D eigenvalue weighted by atomic mass is 19.4. The first-order valence-corrected chi connectivity index (χ1v) is 6.89. The second kappa shape index (κ2) is 6.15. The molecule has 1 N–H and O–H groups in total. The molecule has 0 unspecified atom stereocenters. The lowest BCUT2D eigenvalue weighted by Gasteiger charge is -2.04. The third-order valence-corrected chi connectivity index (χ3v) is 3.20. The summed E-state index contributed by atoms with van der Waals surface area (Å²) in [6.45, 7) is 0. The van der Waals surface area contributed by atoms with Gasteiger partial charge < -0.3 is 0 Å². The van der Waals surface area contributed by atoms with Gasteiger partial charge in [0, 0.05) is 12.4 Å². The Labute approximate surface area is 134 Å². The third kappa shape index (κ3) is 3.12. The van der Waals surface area contributed by atoms with Gasteiger partial charge in [0.05, 0.1) is 11.3 Å². The number of halogens is 3. The summed E-state index contributed by atoms with van der Waals surface area (Å²) < 4.78 is 40.5. The maximum atomic E-state index is 13.2. The minimum absolute atomic E-state index is 0.206. The molecule has 1 aromatic carbocycles. The predicted octanol–water partition coefficient (Wildman–Crippen LogP) is 3.33. The van der Waals surface area contributed by atoms with Crippen LogP contribution in [0.1, 0.15) is 11.3 Å². The van der Waals surface area contributed by atoms with Crippen molar-refractivity contribution in [1.82, 2.24) is 14.8 Å². The van der Waals surface area contributed by atoms with E-state index in [1.54, 1.807) is 30.3 Å². The van der Waals surface area contributed by atoms with Crippen LogP contribution in [0.4, 0.5) is 19.0 Å². The monoisotopic (exact) mass is 332 g/mol. The van der Waals surface area contributed by atoms with Crippen molar-refractivity contribution in [3.05, 3.63) is 76.3 Å². The molecule has 0 aliphatic heterocycles. The molecule has 122 valence electrons. The van der Waals surface area contributed by atoms with Crippen molar-refractivity contribution in [2.24, 2.45) is 4.99 Å². The standard InChI is InChI=1S/C16H11F3N4O/c17-16(18,19)14-12(10-21-13-8-4-5-9-20-13)15(24)23(22-14)11-6-2-1-3-7-11/h1-10,22H/b21-10+. The Morgan fingerprint density at radius 3 is 2.42 bits per heavy atom. The van der Waals surface area contributed by atoms with Gasteiger partial charge in [0.1, 0.15) is 0 Å². The number of para-hydroxylation sites is 1. The summed E-state index contributed by atoms with van der Waals surface area (Å²) in [6, 6.07) is 12.8. The fourth-order valence-corrected chi connectivity index (χ4v) is 2.11. The maximum Gasteiger partial charge on any atom is 0.433 e. The van der Waals surface area contributed by atoms with Gasteiger partial charge in [-0.15, -0.1) is 0 Å². The lowest BCUT2D eigenvalue weighted by molar-refractivity contribution is -0.141. The first kappa shape index (κ1) is 15.7. The van der Waals surface area contributed by atoms with Crippen LogP contribution in [0.5, 0.6) is 0 Å². The molecule has 0 amide bonds. The van der Waals surface area contributed by atoms with Gasteiger partial charge in [-0.1, -0.05) is 24.3 Å². The van der Waals surface area contributed by atoms with Crippen molar-refractivity contribution < 1.29 is 13.2 Å². The van der Waals surface area contributed by atoms with Gasteiger partial charge in [0.15, 0.2) is 11.5 Å². The maximum absolute atomic E-state index is 13.2. The molecule has 0 spiro atoms. The van der Waals surface area contributed by atoms with Crippen LogP contribution in [0, 0.1) is 0 Å². The van der Waals surface area contributed by atoms with Crippen LogP contribution in [0.25, 0.3) is 5.69 Å². The van der Waals surface area contributed by atoms with Gasteiger partial charge in [-0.2, -0.15) is 13.2 Å². The molecule has 0 bridgehead atoms. The highest BCUT2D eigenvalue weighted by molar-refractivity contribution is 5.83. The van der Waals surface area contributed by atoms with Gasteiger partial charge in [-0.3, -0.25) is 9.89 Å². The molecule has 0 aliphatic carbocycles. The molecule has 0 fully saturated rings. The number of hydrogen-bond donors (Lipinski definition) is 1. The van der Waals surface area contributed by atoms with Crippen molar-refractivity contribution in [3.8, 4) is 5.69 Å². The number of rotatable bonds is 3. The number of alkyl halides is 3. The molecule has 2 aromatic heterocycles. The lowest BCUT2D eigenvalue weighted by Crippen LogP contribution is -2.17.